The zero-order valence-corrected chi connectivity index (χ0v) is 12.9. The van der Waals surface area contributed by atoms with Gasteiger partial charge in [0.2, 0.25) is 5.91 Å². The van der Waals surface area contributed by atoms with Crippen molar-refractivity contribution in [3.05, 3.63) is 0 Å². The summed E-state index contributed by atoms with van der Waals surface area (Å²) in [5.41, 5.74) is 5.71. The predicted molar refractivity (Wildman–Crippen MR) is 82.4 cm³/mol. The maximum absolute atomic E-state index is 12.1. The van der Waals surface area contributed by atoms with Gasteiger partial charge >= 0.3 is 0 Å². The zero-order chi connectivity index (χ0) is 14.4. The number of hydrogen-bond acceptors (Lipinski definition) is 3. The molecule has 2 aliphatic rings. The van der Waals surface area contributed by atoms with Gasteiger partial charge in [0, 0.05) is 19.0 Å². The molecule has 2 fully saturated rings. The minimum atomic E-state index is 0.250. The largest absolute Gasteiger partial charge is 0.355 e. The molecular weight excluding hydrogens is 250 g/mol. The molecule has 0 bridgehead atoms. The molecule has 1 heterocycles. The number of carbonyl (C=O) groups excluding carboxylic acids is 1. The van der Waals surface area contributed by atoms with E-state index in [1.807, 2.05) is 0 Å². The molecule has 4 heteroatoms. The molecule has 0 aromatic heterocycles. The molecule has 1 aliphatic carbocycles. The van der Waals surface area contributed by atoms with Crippen LogP contribution in [0, 0.1) is 11.8 Å². The van der Waals surface area contributed by atoms with Crippen molar-refractivity contribution in [3.8, 4) is 0 Å². The van der Waals surface area contributed by atoms with Crippen LogP contribution in [0.25, 0.3) is 0 Å². The molecule has 0 aromatic rings. The number of carbonyl (C=O) groups is 1. The number of hydrogen-bond donors (Lipinski definition) is 2. The highest BCUT2D eigenvalue weighted by Crippen LogP contribution is 2.30. The van der Waals surface area contributed by atoms with Gasteiger partial charge in [-0.3, -0.25) is 4.79 Å². The van der Waals surface area contributed by atoms with Crippen molar-refractivity contribution in [1.29, 1.82) is 0 Å². The zero-order valence-electron chi connectivity index (χ0n) is 12.9. The van der Waals surface area contributed by atoms with Gasteiger partial charge in [0.15, 0.2) is 0 Å². The molecule has 2 rings (SSSR count). The summed E-state index contributed by atoms with van der Waals surface area (Å²) in [7, 11) is 2.17. The molecule has 1 unspecified atom stereocenters. The van der Waals surface area contributed by atoms with E-state index in [0.29, 0.717) is 24.3 Å². The molecule has 116 valence electrons. The van der Waals surface area contributed by atoms with E-state index in [2.05, 4.69) is 17.3 Å². The third-order valence-electron chi connectivity index (χ3n) is 5.23. The Morgan fingerprint density at radius 2 is 1.85 bits per heavy atom. The first-order valence-electron chi connectivity index (χ1n) is 8.36. The van der Waals surface area contributed by atoms with Gasteiger partial charge in [0.25, 0.3) is 0 Å². The van der Waals surface area contributed by atoms with Crippen molar-refractivity contribution >= 4 is 5.91 Å². The molecule has 1 saturated heterocycles. The number of nitrogens with zero attached hydrogens (tertiary/aromatic N) is 1. The third-order valence-corrected chi connectivity index (χ3v) is 5.23. The van der Waals surface area contributed by atoms with Gasteiger partial charge in [0.05, 0.1) is 0 Å². The Labute approximate surface area is 123 Å². The second kappa shape index (κ2) is 7.99. The molecule has 4 nitrogen and oxygen atoms in total. The molecule has 20 heavy (non-hydrogen) atoms. The van der Waals surface area contributed by atoms with Crippen LogP contribution in [-0.2, 0) is 4.79 Å². The number of likely N-dealkylation sites (N-methyl/N-ethyl adjacent to an activating group) is 1. The van der Waals surface area contributed by atoms with Gasteiger partial charge in [-0.15, -0.1) is 0 Å². The van der Waals surface area contributed by atoms with E-state index in [1.54, 1.807) is 0 Å². The minimum absolute atomic E-state index is 0.250. The van der Waals surface area contributed by atoms with Gasteiger partial charge in [-0.05, 0) is 70.5 Å². The fraction of sp³-hybridized carbons (Fsp3) is 0.938. The van der Waals surface area contributed by atoms with Crippen LogP contribution in [0.1, 0.15) is 51.4 Å². The van der Waals surface area contributed by atoms with Crippen molar-refractivity contribution in [2.45, 2.75) is 57.4 Å². The number of likely N-dealkylation sites (tertiary alicyclic amines) is 1. The van der Waals surface area contributed by atoms with Gasteiger partial charge in [-0.2, -0.15) is 0 Å². The maximum Gasteiger partial charge on any atom is 0.220 e. The standard InChI is InChI=1S/C16H31N3O/c1-19-9-3-2-4-15(19)12-18-16(20)10-13-5-7-14(11-17)8-6-13/h13-15H,2-12,17H2,1H3,(H,18,20). The summed E-state index contributed by atoms with van der Waals surface area (Å²) in [6.45, 7) is 2.81. The Morgan fingerprint density at radius 3 is 2.50 bits per heavy atom. The van der Waals surface area contributed by atoms with Gasteiger partial charge in [0.1, 0.15) is 0 Å². The second-order valence-corrected chi connectivity index (χ2v) is 6.76. The van der Waals surface area contributed by atoms with Crippen LogP contribution in [0.3, 0.4) is 0 Å². The van der Waals surface area contributed by atoms with Crippen molar-refractivity contribution in [1.82, 2.24) is 10.2 Å². The minimum Gasteiger partial charge on any atom is -0.355 e. The SMILES string of the molecule is CN1CCCCC1CNC(=O)CC1CCC(CN)CC1. The van der Waals surface area contributed by atoms with E-state index in [-0.39, 0.29) is 5.91 Å². The molecule has 1 atom stereocenters. The Balaban J connectivity index is 1.63. The highest BCUT2D eigenvalue weighted by atomic mass is 16.1. The lowest BCUT2D eigenvalue weighted by Crippen LogP contribution is -2.44. The topological polar surface area (TPSA) is 58.4 Å². The average Bonchev–Trinajstić information content (AvgIpc) is 2.47. The molecule has 1 aliphatic heterocycles. The number of nitrogens with two attached hydrogens (primary N) is 1. The van der Waals surface area contributed by atoms with Crippen LogP contribution in [-0.4, -0.2) is 43.5 Å². The van der Waals surface area contributed by atoms with Crippen molar-refractivity contribution in [2.24, 2.45) is 17.6 Å². The van der Waals surface area contributed by atoms with Gasteiger partial charge in [-0.25, -0.2) is 0 Å². The average molecular weight is 281 g/mol. The highest BCUT2D eigenvalue weighted by Gasteiger charge is 2.23. The lowest BCUT2D eigenvalue weighted by atomic mass is 9.80. The predicted octanol–water partition coefficient (Wildman–Crippen LogP) is 1.74. The number of amides is 1. The monoisotopic (exact) mass is 281 g/mol. The Morgan fingerprint density at radius 1 is 1.15 bits per heavy atom. The van der Waals surface area contributed by atoms with Crippen molar-refractivity contribution in [3.63, 3.8) is 0 Å². The fourth-order valence-electron chi connectivity index (χ4n) is 3.64. The van der Waals surface area contributed by atoms with Crippen LogP contribution in [0.15, 0.2) is 0 Å². The van der Waals surface area contributed by atoms with Crippen LogP contribution in [0.2, 0.25) is 0 Å². The third kappa shape index (κ3) is 4.74. The molecule has 1 amide bonds. The lowest BCUT2D eigenvalue weighted by Gasteiger charge is -2.32. The number of nitrogens with one attached hydrogen (secondary N) is 1. The Hall–Kier alpha value is -0.610. The van der Waals surface area contributed by atoms with Crippen molar-refractivity contribution < 1.29 is 4.79 Å². The highest BCUT2D eigenvalue weighted by molar-refractivity contribution is 5.76. The summed E-state index contributed by atoms with van der Waals surface area (Å²) in [5, 5.41) is 3.15. The summed E-state index contributed by atoms with van der Waals surface area (Å²) in [6.07, 6.45) is 9.31. The first-order chi connectivity index (χ1) is 9.69. The summed E-state index contributed by atoms with van der Waals surface area (Å²) in [4.78, 5) is 14.4. The maximum atomic E-state index is 12.1. The van der Waals surface area contributed by atoms with Crippen LogP contribution in [0.4, 0.5) is 0 Å². The quantitative estimate of drug-likeness (QED) is 0.807. The van der Waals surface area contributed by atoms with Crippen molar-refractivity contribution in [2.75, 3.05) is 26.7 Å². The summed E-state index contributed by atoms with van der Waals surface area (Å²) in [5.74, 6) is 1.53. The second-order valence-electron chi connectivity index (χ2n) is 6.76. The molecular formula is C16H31N3O. The summed E-state index contributed by atoms with van der Waals surface area (Å²) in [6, 6.07) is 0.542. The van der Waals surface area contributed by atoms with Crippen LogP contribution >= 0.6 is 0 Å². The molecule has 0 spiro atoms. The first-order valence-corrected chi connectivity index (χ1v) is 8.36. The van der Waals surface area contributed by atoms with E-state index in [9.17, 15) is 4.79 Å². The van der Waals surface area contributed by atoms with Crippen LogP contribution in [0.5, 0.6) is 0 Å². The molecule has 1 saturated carbocycles. The smallest absolute Gasteiger partial charge is 0.220 e. The first kappa shape index (κ1) is 15.8. The Kier molecular flexibility index (Phi) is 6.30. The van der Waals surface area contributed by atoms with E-state index < -0.39 is 0 Å². The van der Waals surface area contributed by atoms with Crippen LogP contribution < -0.4 is 11.1 Å². The van der Waals surface area contributed by atoms with Gasteiger partial charge in [-0.1, -0.05) is 6.42 Å². The molecule has 0 aromatic carbocycles. The van der Waals surface area contributed by atoms with E-state index in [1.165, 1.54) is 51.5 Å². The number of rotatable bonds is 5. The summed E-state index contributed by atoms with van der Waals surface area (Å²) >= 11 is 0. The molecule has 3 N–H and O–H groups in total. The van der Waals surface area contributed by atoms with E-state index in [0.717, 1.165) is 13.1 Å². The fourth-order valence-corrected chi connectivity index (χ4v) is 3.64. The Bertz CT molecular complexity index is 300. The van der Waals surface area contributed by atoms with E-state index in [4.69, 9.17) is 5.73 Å². The normalized spacial score (nSPS) is 32.0. The molecule has 0 radical (unpaired) electrons. The number of piperidine rings is 1. The lowest BCUT2D eigenvalue weighted by molar-refractivity contribution is -0.122. The van der Waals surface area contributed by atoms with Gasteiger partial charge < -0.3 is 16.0 Å². The summed E-state index contributed by atoms with van der Waals surface area (Å²) < 4.78 is 0. The van der Waals surface area contributed by atoms with E-state index >= 15 is 0 Å².